The second-order valence-corrected chi connectivity index (χ2v) is 5.15. The molecule has 1 N–H and O–H groups in total. The zero-order chi connectivity index (χ0) is 15.1. The molecule has 1 fully saturated rings. The second-order valence-electron chi connectivity index (χ2n) is 5.15. The summed E-state index contributed by atoms with van der Waals surface area (Å²) in [6.07, 6.45) is 4.73. The SMILES string of the molecule is O=C(O)CCN(Cc1cccnc1)C(=O)C1CCOCC1. The minimum absolute atomic E-state index is 0.0170. The van der Waals surface area contributed by atoms with Gasteiger partial charge in [-0.25, -0.2) is 0 Å². The highest BCUT2D eigenvalue weighted by Crippen LogP contribution is 2.19. The third kappa shape index (κ3) is 4.82. The van der Waals surface area contributed by atoms with Crippen LogP contribution in [0.1, 0.15) is 24.8 Å². The van der Waals surface area contributed by atoms with Crippen LogP contribution in [0.25, 0.3) is 0 Å². The molecule has 6 nitrogen and oxygen atoms in total. The van der Waals surface area contributed by atoms with Crippen LogP contribution in [-0.4, -0.2) is 46.6 Å². The lowest BCUT2D eigenvalue weighted by molar-refractivity contribution is -0.141. The third-order valence-electron chi connectivity index (χ3n) is 3.57. The summed E-state index contributed by atoms with van der Waals surface area (Å²) in [6, 6.07) is 3.70. The number of amides is 1. The van der Waals surface area contributed by atoms with E-state index >= 15 is 0 Å². The lowest BCUT2D eigenvalue weighted by Crippen LogP contribution is -2.39. The van der Waals surface area contributed by atoms with E-state index in [4.69, 9.17) is 9.84 Å². The predicted molar refractivity (Wildman–Crippen MR) is 75.4 cm³/mol. The molecular weight excluding hydrogens is 272 g/mol. The molecule has 0 aromatic carbocycles. The Morgan fingerprint density at radius 2 is 2.14 bits per heavy atom. The van der Waals surface area contributed by atoms with Crippen molar-refractivity contribution in [2.24, 2.45) is 5.92 Å². The van der Waals surface area contributed by atoms with E-state index in [1.807, 2.05) is 12.1 Å². The van der Waals surface area contributed by atoms with Crippen LogP contribution in [0.3, 0.4) is 0 Å². The molecule has 1 amide bonds. The quantitative estimate of drug-likeness (QED) is 0.855. The van der Waals surface area contributed by atoms with Gasteiger partial charge in [-0.15, -0.1) is 0 Å². The van der Waals surface area contributed by atoms with Crippen LogP contribution in [0.5, 0.6) is 0 Å². The lowest BCUT2D eigenvalue weighted by atomic mass is 9.98. The Morgan fingerprint density at radius 3 is 2.76 bits per heavy atom. The number of hydrogen-bond acceptors (Lipinski definition) is 4. The van der Waals surface area contributed by atoms with E-state index < -0.39 is 5.97 Å². The Kier molecular flexibility index (Phi) is 5.68. The second kappa shape index (κ2) is 7.73. The molecule has 2 heterocycles. The van der Waals surface area contributed by atoms with Gasteiger partial charge in [0.15, 0.2) is 0 Å². The molecule has 0 aliphatic carbocycles. The van der Waals surface area contributed by atoms with Crippen molar-refractivity contribution in [1.82, 2.24) is 9.88 Å². The van der Waals surface area contributed by atoms with Crippen LogP contribution in [0, 0.1) is 5.92 Å². The molecule has 0 unspecified atom stereocenters. The molecule has 114 valence electrons. The highest BCUT2D eigenvalue weighted by molar-refractivity contribution is 5.79. The first-order valence-electron chi connectivity index (χ1n) is 7.14. The fraction of sp³-hybridized carbons (Fsp3) is 0.533. The van der Waals surface area contributed by atoms with E-state index in [0.717, 1.165) is 5.56 Å². The van der Waals surface area contributed by atoms with Crippen LogP contribution in [-0.2, 0) is 20.9 Å². The van der Waals surface area contributed by atoms with E-state index in [-0.39, 0.29) is 24.8 Å². The van der Waals surface area contributed by atoms with Gasteiger partial charge in [0.25, 0.3) is 0 Å². The van der Waals surface area contributed by atoms with Gasteiger partial charge >= 0.3 is 5.97 Å². The van der Waals surface area contributed by atoms with Gasteiger partial charge in [-0.05, 0) is 24.5 Å². The summed E-state index contributed by atoms with van der Waals surface area (Å²) in [5.74, 6) is -0.946. The van der Waals surface area contributed by atoms with Crippen LogP contribution in [0.15, 0.2) is 24.5 Å². The van der Waals surface area contributed by atoms with Gasteiger partial charge in [0.05, 0.1) is 6.42 Å². The van der Waals surface area contributed by atoms with E-state index in [1.165, 1.54) is 0 Å². The monoisotopic (exact) mass is 292 g/mol. The maximum absolute atomic E-state index is 12.6. The molecule has 1 aromatic rings. The Balaban J connectivity index is 2.03. The Hall–Kier alpha value is -1.95. The molecule has 1 aromatic heterocycles. The number of carbonyl (C=O) groups is 2. The largest absolute Gasteiger partial charge is 0.481 e. The first-order valence-corrected chi connectivity index (χ1v) is 7.14. The van der Waals surface area contributed by atoms with Crippen molar-refractivity contribution in [3.63, 3.8) is 0 Å². The third-order valence-corrected chi connectivity index (χ3v) is 3.57. The molecule has 21 heavy (non-hydrogen) atoms. The van der Waals surface area contributed by atoms with Crippen LogP contribution in [0.2, 0.25) is 0 Å². The average Bonchev–Trinajstić information content (AvgIpc) is 2.52. The highest BCUT2D eigenvalue weighted by atomic mass is 16.5. The standard InChI is InChI=1S/C15H20N2O4/c18-14(19)3-7-17(11-12-2-1-6-16-10-12)15(20)13-4-8-21-9-5-13/h1-2,6,10,13H,3-5,7-9,11H2,(H,18,19). The molecule has 0 spiro atoms. The molecule has 1 aliphatic rings. The summed E-state index contributed by atoms with van der Waals surface area (Å²) in [5, 5.41) is 8.85. The summed E-state index contributed by atoms with van der Waals surface area (Å²) in [4.78, 5) is 29.0. The van der Waals surface area contributed by atoms with Crippen molar-refractivity contribution in [2.45, 2.75) is 25.8 Å². The van der Waals surface area contributed by atoms with Gasteiger partial charge in [0, 0.05) is 44.6 Å². The van der Waals surface area contributed by atoms with E-state index in [9.17, 15) is 9.59 Å². The smallest absolute Gasteiger partial charge is 0.305 e. The van der Waals surface area contributed by atoms with Gasteiger partial charge in [0.2, 0.25) is 5.91 Å². The van der Waals surface area contributed by atoms with Crippen molar-refractivity contribution >= 4 is 11.9 Å². The van der Waals surface area contributed by atoms with Crippen molar-refractivity contribution in [3.8, 4) is 0 Å². The fourth-order valence-electron chi connectivity index (χ4n) is 2.41. The maximum atomic E-state index is 12.6. The zero-order valence-electron chi connectivity index (χ0n) is 11.9. The zero-order valence-corrected chi connectivity index (χ0v) is 11.9. The molecule has 1 aliphatic heterocycles. The number of carboxylic acids is 1. The van der Waals surface area contributed by atoms with Gasteiger partial charge in [-0.1, -0.05) is 6.07 Å². The molecule has 0 bridgehead atoms. The predicted octanol–water partition coefficient (Wildman–Crippen LogP) is 1.31. The van der Waals surface area contributed by atoms with Crippen LogP contribution < -0.4 is 0 Å². The average molecular weight is 292 g/mol. The number of hydrogen-bond donors (Lipinski definition) is 1. The maximum Gasteiger partial charge on any atom is 0.305 e. The molecule has 0 atom stereocenters. The summed E-state index contributed by atoms with van der Waals surface area (Å²) in [7, 11) is 0. The Labute approximate surface area is 123 Å². The first kappa shape index (κ1) is 15.4. The van der Waals surface area contributed by atoms with Gasteiger partial charge < -0.3 is 14.7 Å². The molecule has 0 radical (unpaired) electrons. The number of carbonyl (C=O) groups excluding carboxylic acids is 1. The number of rotatable bonds is 6. The van der Waals surface area contributed by atoms with Crippen molar-refractivity contribution in [2.75, 3.05) is 19.8 Å². The molecular formula is C15H20N2O4. The topological polar surface area (TPSA) is 79.7 Å². The summed E-state index contributed by atoms with van der Waals surface area (Å²) in [5.41, 5.74) is 0.906. The van der Waals surface area contributed by atoms with Crippen molar-refractivity contribution in [3.05, 3.63) is 30.1 Å². The van der Waals surface area contributed by atoms with Crippen LogP contribution >= 0.6 is 0 Å². The Bertz CT molecular complexity index is 472. The molecule has 6 heteroatoms. The van der Waals surface area contributed by atoms with Crippen molar-refractivity contribution < 1.29 is 19.4 Å². The Morgan fingerprint density at radius 1 is 1.38 bits per heavy atom. The lowest BCUT2D eigenvalue weighted by Gasteiger charge is -2.29. The highest BCUT2D eigenvalue weighted by Gasteiger charge is 2.26. The molecule has 1 saturated heterocycles. The number of pyridine rings is 1. The number of aliphatic carboxylic acids is 1. The van der Waals surface area contributed by atoms with Crippen LogP contribution in [0.4, 0.5) is 0 Å². The van der Waals surface area contributed by atoms with E-state index in [0.29, 0.717) is 32.6 Å². The van der Waals surface area contributed by atoms with E-state index in [2.05, 4.69) is 4.98 Å². The number of nitrogens with zero attached hydrogens (tertiary/aromatic N) is 2. The molecule has 0 saturated carbocycles. The van der Waals surface area contributed by atoms with Gasteiger partial charge in [-0.3, -0.25) is 14.6 Å². The van der Waals surface area contributed by atoms with Gasteiger partial charge in [0.1, 0.15) is 0 Å². The summed E-state index contributed by atoms with van der Waals surface area (Å²) in [6.45, 7) is 1.81. The summed E-state index contributed by atoms with van der Waals surface area (Å²) >= 11 is 0. The van der Waals surface area contributed by atoms with E-state index in [1.54, 1.807) is 17.3 Å². The number of ether oxygens (including phenoxy) is 1. The minimum atomic E-state index is -0.897. The minimum Gasteiger partial charge on any atom is -0.481 e. The normalized spacial score (nSPS) is 15.6. The van der Waals surface area contributed by atoms with Crippen molar-refractivity contribution in [1.29, 1.82) is 0 Å². The number of carboxylic acid groups (broad SMARTS) is 1. The van der Waals surface area contributed by atoms with Gasteiger partial charge in [-0.2, -0.15) is 0 Å². The molecule has 2 rings (SSSR count). The summed E-state index contributed by atoms with van der Waals surface area (Å²) < 4.78 is 5.27. The number of aromatic nitrogens is 1. The fourth-order valence-corrected chi connectivity index (χ4v) is 2.41. The first-order chi connectivity index (χ1) is 10.2.